The van der Waals surface area contributed by atoms with Gasteiger partial charge >= 0.3 is 11.9 Å². The highest BCUT2D eigenvalue weighted by Gasteiger charge is 2.14. The fourth-order valence-electron chi connectivity index (χ4n) is 0.391. The van der Waals surface area contributed by atoms with Crippen LogP contribution in [0.15, 0.2) is 0 Å². The lowest BCUT2D eigenvalue weighted by molar-refractivity contribution is -0.139. The summed E-state index contributed by atoms with van der Waals surface area (Å²) < 4.78 is 8.99. The fourth-order valence-corrected chi connectivity index (χ4v) is 1.39. The van der Waals surface area contributed by atoms with Gasteiger partial charge in [0, 0.05) is 0 Å². The Bertz CT molecular complexity index is 139. The maximum atomic E-state index is 10.5. The van der Waals surface area contributed by atoms with Crippen molar-refractivity contribution in [1.29, 1.82) is 0 Å². The van der Waals surface area contributed by atoms with Crippen molar-refractivity contribution in [3.8, 4) is 0 Å². The summed E-state index contributed by atoms with van der Waals surface area (Å²) in [4.78, 5) is 21.0. The predicted molar refractivity (Wildman–Crippen MR) is 36.6 cm³/mol. The molecule has 6 heteroatoms. The second-order valence-corrected chi connectivity index (χ2v) is 2.97. The largest absolute Gasteiger partial charge is 0.376 e. The normalized spacial score (nSPS) is 20.4. The van der Waals surface area contributed by atoms with E-state index in [0.717, 1.165) is 22.1 Å². The van der Waals surface area contributed by atoms with Crippen LogP contribution in [0.5, 0.6) is 0 Å². The van der Waals surface area contributed by atoms with E-state index in [1.54, 1.807) is 0 Å². The first-order valence-corrected chi connectivity index (χ1v) is 4.52. The van der Waals surface area contributed by atoms with Crippen molar-refractivity contribution in [3.63, 3.8) is 0 Å². The summed E-state index contributed by atoms with van der Waals surface area (Å²) in [6, 6.07) is 0. The Balaban J connectivity index is 2.36. The van der Waals surface area contributed by atoms with Crippen LogP contribution in [0.3, 0.4) is 0 Å². The summed E-state index contributed by atoms with van der Waals surface area (Å²) >= 11 is 1.53. The Labute approximate surface area is 65.4 Å². The Morgan fingerprint density at radius 2 is 1.40 bits per heavy atom. The second kappa shape index (κ2) is 3.72. The van der Waals surface area contributed by atoms with E-state index in [4.69, 9.17) is 0 Å². The molecular weight excluding hydrogens is 176 g/mol. The van der Waals surface area contributed by atoms with Gasteiger partial charge in [-0.2, -0.15) is 0 Å². The average molecular weight is 180 g/mol. The molecule has 1 aliphatic rings. The van der Waals surface area contributed by atoms with Crippen LogP contribution < -0.4 is 0 Å². The highest BCUT2D eigenvalue weighted by Crippen LogP contribution is 2.27. The van der Waals surface area contributed by atoms with Crippen molar-refractivity contribution in [2.45, 2.75) is 12.8 Å². The summed E-state index contributed by atoms with van der Waals surface area (Å²) in [7, 11) is 0. The third-order valence-corrected chi connectivity index (χ3v) is 1.95. The third-order valence-electron chi connectivity index (χ3n) is 0.815. The molecule has 0 bridgehead atoms. The van der Waals surface area contributed by atoms with E-state index in [-0.39, 0.29) is 24.8 Å². The topological polar surface area (TPSA) is 52.6 Å². The molecule has 4 nitrogen and oxygen atoms in total. The van der Waals surface area contributed by atoms with Gasteiger partial charge in [-0.05, 0) is 0 Å². The molecule has 1 rings (SSSR count). The zero-order chi connectivity index (χ0) is 7.40. The first-order valence-electron chi connectivity index (χ1n) is 2.52. The minimum Gasteiger partial charge on any atom is -0.376 e. The second-order valence-electron chi connectivity index (χ2n) is 1.55. The van der Waals surface area contributed by atoms with E-state index in [1.165, 1.54) is 0 Å². The monoisotopic (exact) mass is 180 g/mol. The highest BCUT2D eigenvalue weighted by molar-refractivity contribution is 8.73. The first kappa shape index (κ1) is 7.74. The highest BCUT2D eigenvalue weighted by atomic mass is 33.1. The molecule has 0 aliphatic carbocycles. The number of carbonyl (C=O) groups is 2. The standard InChI is InChI=1S/C4H4O4S2/c5-3-1-2-4(6)8-10-9-7-3/h1-2H2. The summed E-state index contributed by atoms with van der Waals surface area (Å²) in [5.41, 5.74) is 0. The molecule has 1 fully saturated rings. The molecule has 0 aromatic carbocycles. The third kappa shape index (κ3) is 2.49. The van der Waals surface area contributed by atoms with Crippen LogP contribution in [0, 0.1) is 0 Å². The minimum absolute atomic E-state index is 0.104. The molecule has 1 heterocycles. The fraction of sp³-hybridized carbons (Fsp3) is 0.500. The van der Waals surface area contributed by atoms with Gasteiger partial charge in [-0.1, -0.05) is 0 Å². The first-order chi connectivity index (χ1) is 4.79. The molecule has 0 aromatic heterocycles. The number of carbonyl (C=O) groups excluding carboxylic acids is 2. The van der Waals surface area contributed by atoms with E-state index < -0.39 is 0 Å². The van der Waals surface area contributed by atoms with Gasteiger partial charge in [0.1, 0.15) is 0 Å². The van der Waals surface area contributed by atoms with Crippen LogP contribution in [0.2, 0.25) is 0 Å². The van der Waals surface area contributed by atoms with Crippen LogP contribution >= 0.6 is 22.1 Å². The van der Waals surface area contributed by atoms with Gasteiger partial charge in [0.25, 0.3) is 0 Å². The Morgan fingerprint density at radius 3 is 1.80 bits per heavy atom. The average Bonchev–Trinajstić information content (AvgIpc) is 1.90. The lowest BCUT2D eigenvalue weighted by Crippen LogP contribution is -2.07. The maximum Gasteiger partial charge on any atom is 0.319 e. The Kier molecular flexibility index (Phi) is 2.88. The Hall–Kier alpha value is -0.360. The van der Waals surface area contributed by atoms with E-state index >= 15 is 0 Å². The lowest BCUT2D eigenvalue weighted by Gasteiger charge is -2.04. The molecule has 0 spiro atoms. The molecule has 0 amide bonds. The van der Waals surface area contributed by atoms with Gasteiger partial charge in [0.15, 0.2) is 22.1 Å². The zero-order valence-corrected chi connectivity index (χ0v) is 6.50. The van der Waals surface area contributed by atoms with Crippen LogP contribution in [-0.4, -0.2) is 11.9 Å². The molecule has 0 N–H and O–H groups in total. The molecule has 1 aliphatic heterocycles. The van der Waals surface area contributed by atoms with Gasteiger partial charge in [-0.15, -0.1) is 0 Å². The van der Waals surface area contributed by atoms with Crippen molar-refractivity contribution >= 4 is 34.1 Å². The minimum atomic E-state index is -0.380. The van der Waals surface area contributed by atoms with Crippen LogP contribution in [0.25, 0.3) is 0 Å². The summed E-state index contributed by atoms with van der Waals surface area (Å²) in [5, 5.41) is 0. The number of hydrogen-bond acceptors (Lipinski definition) is 6. The van der Waals surface area contributed by atoms with E-state index in [1.807, 2.05) is 0 Å². The molecule has 0 saturated carbocycles. The number of rotatable bonds is 0. The smallest absolute Gasteiger partial charge is 0.319 e. The van der Waals surface area contributed by atoms with Gasteiger partial charge in [-0.3, -0.25) is 9.59 Å². The molecule has 1 saturated heterocycles. The molecule has 56 valence electrons. The molecule has 10 heavy (non-hydrogen) atoms. The van der Waals surface area contributed by atoms with Gasteiger partial charge in [-0.25, -0.2) is 0 Å². The van der Waals surface area contributed by atoms with Crippen molar-refractivity contribution in [2.24, 2.45) is 0 Å². The van der Waals surface area contributed by atoms with E-state index in [0.29, 0.717) is 0 Å². The van der Waals surface area contributed by atoms with Gasteiger partial charge in [0.2, 0.25) is 0 Å². The summed E-state index contributed by atoms with van der Waals surface area (Å²) in [5.74, 6) is -0.761. The summed E-state index contributed by atoms with van der Waals surface area (Å²) in [6.45, 7) is 0. The van der Waals surface area contributed by atoms with E-state index in [9.17, 15) is 9.59 Å². The predicted octanol–water partition coefficient (Wildman–Crippen LogP) is 1.08. The molecule has 0 unspecified atom stereocenters. The zero-order valence-electron chi connectivity index (χ0n) is 4.86. The van der Waals surface area contributed by atoms with Crippen LogP contribution in [0.1, 0.15) is 12.8 Å². The van der Waals surface area contributed by atoms with Crippen molar-refractivity contribution < 1.29 is 18.0 Å². The van der Waals surface area contributed by atoms with Crippen molar-refractivity contribution in [2.75, 3.05) is 0 Å². The maximum absolute atomic E-state index is 10.5. The lowest BCUT2D eigenvalue weighted by atomic mass is 10.3. The quantitative estimate of drug-likeness (QED) is 0.410. The SMILES string of the molecule is O=C1CCC(=O)OSSO1. The van der Waals surface area contributed by atoms with E-state index in [2.05, 4.69) is 8.37 Å². The summed E-state index contributed by atoms with van der Waals surface area (Å²) in [6.07, 6.45) is 0.207. The van der Waals surface area contributed by atoms with Gasteiger partial charge in [0.05, 0.1) is 12.8 Å². The van der Waals surface area contributed by atoms with Crippen LogP contribution in [0.4, 0.5) is 0 Å². The molecule has 0 radical (unpaired) electrons. The molecular formula is C4H4O4S2. The number of hydrogen-bond donors (Lipinski definition) is 0. The van der Waals surface area contributed by atoms with Crippen LogP contribution in [-0.2, 0) is 18.0 Å². The Morgan fingerprint density at radius 1 is 1.00 bits per heavy atom. The molecule has 0 atom stereocenters. The molecule has 0 aromatic rings. The van der Waals surface area contributed by atoms with Crippen molar-refractivity contribution in [3.05, 3.63) is 0 Å². The van der Waals surface area contributed by atoms with Gasteiger partial charge < -0.3 is 8.37 Å². The van der Waals surface area contributed by atoms with Crippen molar-refractivity contribution in [1.82, 2.24) is 0 Å².